The van der Waals surface area contributed by atoms with Crippen LogP contribution in [0.1, 0.15) is 49.2 Å². The highest BCUT2D eigenvalue weighted by atomic mass is 16.5. The van der Waals surface area contributed by atoms with Crippen LogP contribution >= 0.6 is 0 Å². The molecule has 1 aromatic carbocycles. The number of likely N-dealkylation sites (tertiary alicyclic amines) is 1. The summed E-state index contributed by atoms with van der Waals surface area (Å²) in [6.45, 7) is 6.92. The van der Waals surface area contributed by atoms with E-state index in [4.69, 9.17) is 9.26 Å². The van der Waals surface area contributed by atoms with Crippen LogP contribution in [0.4, 0.5) is 0 Å². The second kappa shape index (κ2) is 6.97. The first-order chi connectivity index (χ1) is 10.8. The minimum absolute atomic E-state index is 0.359. The zero-order valence-corrected chi connectivity index (χ0v) is 13.4. The monoisotopic (exact) mass is 300 g/mol. The molecular formula is C18H24N2O2. The van der Waals surface area contributed by atoms with Crippen molar-refractivity contribution in [2.45, 2.75) is 45.7 Å². The summed E-state index contributed by atoms with van der Waals surface area (Å²) in [7, 11) is 0. The Morgan fingerprint density at radius 1 is 1.32 bits per heavy atom. The van der Waals surface area contributed by atoms with Crippen LogP contribution in [0.2, 0.25) is 0 Å². The lowest BCUT2D eigenvalue weighted by molar-refractivity contribution is 0.206. The van der Waals surface area contributed by atoms with Gasteiger partial charge in [0.05, 0.1) is 18.3 Å². The topological polar surface area (TPSA) is 38.5 Å². The van der Waals surface area contributed by atoms with Gasteiger partial charge in [0.1, 0.15) is 5.75 Å². The van der Waals surface area contributed by atoms with E-state index in [1.54, 1.807) is 0 Å². The van der Waals surface area contributed by atoms with Crippen molar-refractivity contribution < 1.29 is 9.26 Å². The summed E-state index contributed by atoms with van der Waals surface area (Å²) in [4.78, 5) is 2.47. The van der Waals surface area contributed by atoms with Crippen LogP contribution in [0, 0.1) is 6.92 Å². The standard InChI is InChI=1S/C18H24N2O2/c1-3-11-21-16-8-6-15(7-9-16)13-20-10-4-5-17(20)18-12-14(2)19-22-18/h6-9,12,17H,3-5,10-11,13H2,1-2H3/t17-/m0/s1. The molecule has 0 aliphatic carbocycles. The molecule has 0 bridgehead atoms. The Morgan fingerprint density at radius 3 is 2.82 bits per heavy atom. The van der Waals surface area contributed by atoms with Gasteiger partial charge in [-0.05, 0) is 50.4 Å². The van der Waals surface area contributed by atoms with E-state index >= 15 is 0 Å². The highest BCUT2D eigenvalue weighted by Crippen LogP contribution is 2.33. The predicted octanol–water partition coefficient (Wildman–Crippen LogP) is 4.11. The zero-order chi connectivity index (χ0) is 15.4. The molecule has 0 unspecified atom stereocenters. The number of hydrogen-bond acceptors (Lipinski definition) is 4. The summed E-state index contributed by atoms with van der Waals surface area (Å²) >= 11 is 0. The van der Waals surface area contributed by atoms with Gasteiger partial charge in [-0.15, -0.1) is 0 Å². The fraction of sp³-hybridized carbons (Fsp3) is 0.500. The summed E-state index contributed by atoms with van der Waals surface area (Å²) < 4.78 is 11.1. The molecule has 2 heterocycles. The van der Waals surface area contributed by atoms with Gasteiger partial charge in [-0.3, -0.25) is 4.90 Å². The Balaban J connectivity index is 1.64. The van der Waals surface area contributed by atoms with Gasteiger partial charge in [0, 0.05) is 12.6 Å². The van der Waals surface area contributed by atoms with E-state index in [0.717, 1.165) is 49.7 Å². The SMILES string of the molecule is CCCOc1ccc(CN2CCC[C@H]2c2cc(C)no2)cc1. The smallest absolute Gasteiger partial charge is 0.154 e. The van der Waals surface area contributed by atoms with Gasteiger partial charge in [-0.25, -0.2) is 0 Å². The van der Waals surface area contributed by atoms with E-state index in [-0.39, 0.29) is 0 Å². The molecule has 2 aromatic rings. The maximum atomic E-state index is 5.64. The van der Waals surface area contributed by atoms with E-state index in [0.29, 0.717) is 6.04 Å². The van der Waals surface area contributed by atoms with Gasteiger partial charge in [-0.2, -0.15) is 0 Å². The Hall–Kier alpha value is -1.81. The summed E-state index contributed by atoms with van der Waals surface area (Å²) in [5, 5.41) is 4.02. The first-order valence-corrected chi connectivity index (χ1v) is 8.15. The Bertz CT molecular complexity index is 591. The third-order valence-corrected chi connectivity index (χ3v) is 4.12. The minimum atomic E-state index is 0.359. The molecule has 0 amide bonds. The average Bonchev–Trinajstić information content (AvgIpc) is 3.15. The van der Waals surface area contributed by atoms with Gasteiger partial charge in [-0.1, -0.05) is 24.2 Å². The number of hydrogen-bond donors (Lipinski definition) is 0. The van der Waals surface area contributed by atoms with E-state index in [9.17, 15) is 0 Å². The molecule has 1 saturated heterocycles. The molecule has 1 fully saturated rings. The highest BCUT2D eigenvalue weighted by Gasteiger charge is 2.28. The van der Waals surface area contributed by atoms with Gasteiger partial charge in [0.15, 0.2) is 5.76 Å². The molecule has 4 nitrogen and oxygen atoms in total. The molecule has 0 N–H and O–H groups in total. The fourth-order valence-electron chi connectivity index (χ4n) is 3.02. The number of aromatic nitrogens is 1. The lowest BCUT2D eigenvalue weighted by Gasteiger charge is -2.22. The van der Waals surface area contributed by atoms with Crippen molar-refractivity contribution in [1.29, 1.82) is 0 Å². The number of rotatable bonds is 6. The second-order valence-electron chi connectivity index (χ2n) is 5.99. The van der Waals surface area contributed by atoms with Crippen LogP contribution in [-0.4, -0.2) is 23.2 Å². The molecule has 118 valence electrons. The second-order valence-corrected chi connectivity index (χ2v) is 5.99. The lowest BCUT2D eigenvalue weighted by Crippen LogP contribution is -2.22. The van der Waals surface area contributed by atoms with E-state index < -0.39 is 0 Å². The third-order valence-electron chi connectivity index (χ3n) is 4.12. The Morgan fingerprint density at radius 2 is 2.14 bits per heavy atom. The van der Waals surface area contributed by atoms with Gasteiger partial charge < -0.3 is 9.26 Å². The first-order valence-electron chi connectivity index (χ1n) is 8.15. The molecule has 1 aliphatic rings. The van der Waals surface area contributed by atoms with Crippen molar-refractivity contribution in [2.75, 3.05) is 13.2 Å². The molecule has 0 spiro atoms. The number of benzene rings is 1. The van der Waals surface area contributed by atoms with Crippen LogP contribution in [0.15, 0.2) is 34.9 Å². The normalized spacial score (nSPS) is 18.7. The van der Waals surface area contributed by atoms with Crippen molar-refractivity contribution in [1.82, 2.24) is 10.1 Å². The number of nitrogens with zero attached hydrogens (tertiary/aromatic N) is 2. The number of aryl methyl sites for hydroxylation is 1. The van der Waals surface area contributed by atoms with Crippen molar-refractivity contribution in [2.24, 2.45) is 0 Å². The van der Waals surface area contributed by atoms with E-state index in [1.165, 1.54) is 12.0 Å². The largest absolute Gasteiger partial charge is 0.494 e. The maximum Gasteiger partial charge on any atom is 0.154 e. The van der Waals surface area contributed by atoms with Crippen LogP contribution in [0.3, 0.4) is 0 Å². The molecular weight excluding hydrogens is 276 g/mol. The highest BCUT2D eigenvalue weighted by molar-refractivity contribution is 5.27. The van der Waals surface area contributed by atoms with Crippen LogP contribution in [0.25, 0.3) is 0 Å². The molecule has 1 aromatic heterocycles. The predicted molar refractivity (Wildman–Crippen MR) is 85.9 cm³/mol. The molecule has 4 heteroatoms. The Kier molecular flexibility index (Phi) is 4.78. The molecule has 0 radical (unpaired) electrons. The molecule has 1 aliphatic heterocycles. The summed E-state index contributed by atoms with van der Waals surface area (Å²) in [5.74, 6) is 1.95. The van der Waals surface area contributed by atoms with Crippen molar-refractivity contribution in [3.05, 3.63) is 47.3 Å². The molecule has 0 saturated carbocycles. The van der Waals surface area contributed by atoms with Gasteiger partial charge in [0.2, 0.25) is 0 Å². The number of ether oxygens (including phenoxy) is 1. The van der Waals surface area contributed by atoms with Crippen LogP contribution < -0.4 is 4.74 Å². The summed E-state index contributed by atoms with van der Waals surface area (Å²) in [5.41, 5.74) is 2.27. The van der Waals surface area contributed by atoms with E-state index in [1.807, 2.05) is 6.92 Å². The van der Waals surface area contributed by atoms with Gasteiger partial charge in [0.25, 0.3) is 0 Å². The fourth-order valence-corrected chi connectivity index (χ4v) is 3.02. The van der Waals surface area contributed by atoms with Crippen LogP contribution in [0.5, 0.6) is 5.75 Å². The van der Waals surface area contributed by atoms with E-state index in [2.05, 4.69) is 47.3 Å². The van der Waals surface area contributed by atoms with Crippen molar-refractivity contribution in [3.63, 3.8) is 0 Å². The minimum Gasteiger partial charge on any atom is -0.494 e. The first kappa shape index (κ1) is 15.1. The summed E-state index contributed by atoms with van der Waals surface area (Å²) in [6.07, 6.45) is 3.39. The Labute approximate surface area is 132 Å². The molecule has 1 atom stereocenters. The molecule has 3 rings (SSSR count). The lowest BCUT2D eigenvalue weighted by atomic mass is 10.1. The van der Waals surface area contributed by atoms with Crippen LogP contribution in [-0.2, 0) is 6.54 Å². The van der Waals surface area contributed by atoms with Crippen molar-refractivity contribution >= 4 is 0 Å². The maximum absolute atomic E-state index is 5.64. The zero-order valence-electron chi connectivity index (χ0n) is 13.4. The average molecular weight is 300 g/mol. The van der Waals surface area contributed by atoms with Crippen molar-refractivity contribution in [3.8, 4) is 5.75 Å². The summed E-state index contributed by atoms with van der Waals surface area (Å²) in [6, 6.07) is 10.9. The third kappa shape index (κ3) is 3.50. The van der Waals surface area contributed by atoms with Gasteiger partial charge >= 0.3 is 0 Å². The quantitative estimate of drug-likeness (QED) is 0.804. The molecule has 22 heavy (non-hydrogen) atoms.